The van der Waals surface area contributed by atoms with E-state index in [2.05, 4.69) is 16.0 Å². The Morgan fingerprint density at radius 3 is 2.42 bits per heavy atom. The molecule has 0 saturated carbocycles. The molecule has 1 aromatic carbocycles. The quantitative estimate of drug-likeness (QED) is 0.376. The summed E-state index contributed by atoms with van der Waals surface area (Å²) in [5.41, 5.74) is 0.647. The smallest absolute Gasteiger partial charge is 0.228 e. The van der Waals surface area contributed by atoms with Crippen LogP contribution in [0.4, 0.5) is 5.69 Å². The van der Waals surface area contributed by atoms with Gasteiger partial charge in [0.2, 0.25) is 9.70 Å². The maximum Gasteiger partial charge on any atom is 0.228 e. The first-order valence-electron chi connectivity index (χ1n) is 7.20. The van der Waals surface area contributed by atoms with E-state index in [1.54, 1.807) is 19.2 Å². The molecule has 0 aliphatic heterocycles. The molecule has 1 amide bonds. The van der Waals surface area contributed by atoms with E-state index in [1.165, 1.54) is 0 Å². The van der Waals surface area contributed by atoms with E-state index in [4.69, 9.17) is 51.8 Å². The van der Waals surface area contributed by atoms with Crippen LogP contribution in [0.5, 0.6) is 5.75 Å². The van der Waals surface area contributed by atoms with Crippen molar-refractivity contribution in [2.75, 3.05) is 12.4 Å². The molecule has 0 aliphatic carbocycles. The third-order valence-corrected chi connectivity index (χ3v) is 3.73. The molecular formula is C15H20Cl3N3O2S. The number of benzene rings is 1. The zero-order chi connectivity index (χ0) is 18.3. The summed E-state index contributed by atoms with van der Waals surface area (Å²) in [6, 6.07) is 7.22. The van der Waals surface area contributed by atoms with Crippen molar-refractivity contribution in [2.24, 2.45) is 5.92 Å². The number of alkyl halides is 3. The Bertz CT molecular complexity index is 579. The highest BCUT2D eigenvalue weighted by Crippen LogP contribution is 2.29. The van der Waals surface area contributed by atoms with E-state index in [-0.39, 0.29) is 16.9 Å². The second kappa shape index (κ2) is 9.51. The van der Waals surface area contributed by atoms with Gasteiger partial charge in [-0.15, -0.1) is 0 Å². The lowest BCUT2D eigenvalue weighted by Gasteiger charge is -2.28. The number of methoxy groups -OCH3 is 1. The number of ether oxygens (including phenoxy) is 1. The fourth-order valence-electron chi connectivity index (χ4n) is 1.83. The lowest BCUT2D eigenvalue weighted by atomic mass is 10.1. The lowest BCUT2D eigenvalue weighted by Crippen LogP contribution is -2.56. The van der Waals surface area contributed by atoms with Crippen LogP contribution >= 0.6 is 47.0 Å². The summed E-state index contributed by atoms with van der Waals surface area (Å²) < 4.78 is 3.45. The third-order valence-electron chi connectivity index (χ3n) is 2.86. The third kappa shape index (κ3) is 7.30. The largest absolute Gasteiger partial charge is 0.495 e. The number of carbonyl (C=O) groups is 1. The van der Waals surface area contributed by atoms with E-state index >= 15 is 0 Å². The minimum atomic E-state index is -1.78. The molecule has 0 heterocycles. The summed E-state index contributed by atoms with van der Waals surface area (Å²) in [7, 11) is 1.55. The summed E-state index contributed by atoms with van der Waals surface area (Å²) in [6.45, 7) is 3.84. The number of nitrogens with one attached hydrogen (secondary N) is 3. The predicted octanol–water partition coefficient (Wildman–Crippen LogP) is 3.84. The Balaban J connectivity index is 2.76. The van der Waals surface area contributed by atoms with Gasteiger partial charge in [0, 0.05) is 6.42 Å². The number of hydrogen-bond acceptors (Lipinski definition) is 3. The molecule has 0 aromatic heterocycles. The number of amides is 1. The van der Waals surface area contributed by atoms with E-state index in [0.29, 0.717) is 17.9 Å². The van der Waals surface area contributed by atoms with E-state index in [0.717, 1.165) is 0 Å². The van der Waals surface area contributed by atoms with Gasteiger partial charge < -0.3 is 20.7 Å². The molecule has 0 fully saturated rings. The zero-order valence-corrected chi connectivity index (χ0v) is 16.6. The van der Waals surface area contributed by atoms with E-state index < -0.39 is 9.96 Å². The highest BCUT2D eigenvalue weighted by Gasteiger charge is 2.34. The van der Waals surface area contributed by atoms with Gasteiger partial charge in [0.05, 0.1) is 12.8 Å². The second-order valence-corrected chi connectivity index (χ2v) is 8.22. The average Bonchev–Trinajstić information content (AvgIpc) is 2.45. The first kappa shape index (κ1) is 21.1. The highest BCUT2D eigenvalue weighted by molar-refractivity contribution is 7.80. The minimum absolute atomic E-state index is 0.180. The fraction of sp³-hybridized carbons (Fsp3) is 0.467. The number of rotatable bonds is 6. The van der Waals surface area contributed by atoms with Crippen molar-refractivity contribution < 1.29 is 9.53 Å². The van der Waals surface area contributed by atoms with Gasteiger partial charge in [-0.1, -0.05) is 60.8 Å². The number of anilines is 1. The molecular weight excluding hydrogens is 393 g/mol. The molecule has 0 saturated heterocycles. The normalized spacial score (nSPS) is 12.5. The van der Waals surface area contributed by atoms with Gasteiger partial charge in [-0.05, 0) is 30.3 Å². The van der Waals surface area contributed by atoms with Crippen LogP contribution in [0.3, 0.4) is 0 Å². The van der Waals surface area contributed by atoms with Crippen LogP contribution in [0.2, 0.25) is 0 Å². The summed E-state index contributed by atoms with van der Waals surface area (Å²) >= 11 is 23.0. The molecule has 3 N–H and O–H groups in total. The van der Waals surface area contributed by atoms with Crippen molar-refractivity contribution in [2.45, 2.75) is 30.2 Å². The Morgan fingerprint density at radius 2 is 1.88 bits per heavy atom. The zero-order valence-electron chi connectivity index (χ0n) is 13.5. The monoisotopic (exact) mass is 411 g/mol. The number of thiocarbonyl (C=S) groups is 1. The molecule has 9 heteroatoms. The van der Waals surface area contributed by atoms with Gasteiger partial charge >= 0.3 is 0 Å². The predicted molar refractivity (Wildman–Crippen MR) is 104 cm³/mol. The Kier molecular flexibility index (Phi) is 8.36. The van der Waals surface area contributed by atoms with Crippen LogP contribution in [0.1, 0.15) is 20.3 Å². The summed E-state index contributed by atoms with van der Waals surface area (Å²) in [6.07, 6.45) is -0.672. The summed E-state index contributed by atoms with van der Waals surface area (Å²) in [5, 5.41) is 8.55. The van der Waals surface area contributed by atoms with Crippen LogP contribution in [-0.2, 0) is 4.79 Å². The molecule has 0 aliphatic rings. The van der Waals surface area contributed by atoms with Gasteiger partial charge in [-0.25, -0.2) is 0 Å². The number of hydrogen-bond donors (Lipinski definition) is 3. The number of para-hydroxylation sites is 2. The molecule has 1 aromatic rings. The van der Waals surface area contributed by atoms with E-state index in [9.17, 15) is 4.79 Å². The van der Waals surface area contributed by atoms with Crippen molar-refractivity contribution in [3.05, 3.63) is 24.3 Å². The van der Waals surface area contributed by atoms with Gasteiger partial charge in [0.1, 0.15) is 11.9 Å². The van der Waals surface area contributed by atoms with Crippen LogP contribution in [-0.4, -0.2) is 28.1 Å². The topological polar surface area (TPSA) is 62.4 Å². The van der Waals surface area contributed by atoms with Gasteiger partial charge in [-0.2, -0.15) is 0 Å². The molecule has 0 unspecified atom stereocenters. The van der Waals surface area contributed by atoms with Crippen LogP contribution in [0, 0.1) is 5.92 Å². The summed E-state index contributed by atoms with van der Waals surface area (Å²) in [4.78, 5) is 11.9. The van der Waals surface area contributed by atoms with Gasteiger partial charge in [-0.3, -0.25) is 4.79 Å². The Hall–Kier alpha value is -0.950. The van der Waals surface area contributed by atoms with Crippen LogP contribution in [0.15, 0.2) is 24.3 Å². The van der Waals surface area contributed by atoms with Gasteiger partial charge in [0.15, 0.2) is 5.11 Å². The first-order chi connectivity index (χ1) is 11.1. The van der Waals surface area contributed by atoms with Crippen molar-refractivity contribution in [3.8, 4) is 5.75 Å². The summed E-state index contributed by atoms with van der Waals surface area (Å²) in [5.74, 6) is 0.546. The molecule has 0 radical (unpaired) electrons. The van der Waals surface area contributed by atoms with Crippen LogP contribution in [0.25, 0.3) is 0 Å². The standard InChI is InChI=1S/C15H20Cl3N3O2S/c1-9(2)8-12(22)20-13(15(16,17)18)21-14(24)19-10-6-4-5-7-11(10)23-3/h4-7,9,13H,8H2,1-3H3,(H,20,22)(H2,19,21,24)/t13-/m1/s1. The number of halogens is 3. The van der Waals surface area contributed by atoms with Crippen molar-refractivity contribution in [1.29, 1.82) is 0 Å². The molecule has 1 atom stereocenters. The van der Waals surface area contributed by atoms with Crippen molar-refractivity contribution in [3.63, 3.8) is 0 Å². The molecule has 134 valence electrons. The SMILES string of the molecule is COc1ccccc1NC(=S)N[C@@H](NC(=O)CC(C)C)C(Cl)(Cl)Cl. The minimum Gasteiger partial charge on any atom is -0.495 e. The molecule has 1 rings (SSSR count). The van der Waals surface area contributed by atoms with Crippen molar-refractivity contribution >= 4 is 63.7 Å². The van der Waals surface area contributed by atoms with Crippen LogP contribution < -0.4 is 20.7 Å². The molecule has 24 heavy (non-hydrogen) atoms. The Labute approximate surface area is 162 Å². The molecule has 0 spiro atoms. The fourth-order valence-corrected chi connectivity index (χ4v) is 2.38. The molecule has 5 nitrogen and oxygen atoms in total. The highest BCUT2D eigenvalue weighted by atomic mass is 35.6. The lowest BCUT2D eigenvalue weighted by molar-refractivity contribution is -0.122. The average molecular weight is 413 g/mol. The van der Waals surface area contributed by atoms with Gasteiger partial charge in [0.25, 0.3) is 0 Å². The molecule has 0 bridgehead atoms. The van der Waals surface area contributed by atoms with Crippen molar-refractivity contribution in [1.82, 2.24) is 10.6 Å². The van der Waals surface area contributed by atoms with E-state index in [1.807, 2.05) is 26.0 Å². The maximum absolute atomic E-state index is 11.9. The Morgan fingerprint density at radius 1 is 1.25 bits per heavy atom. The number of carbonyl (C=O) groups excluding carboxylic acids is 1. The maximum atomic E-state index is 11.9. The second-order valence-electron chi connectivity index (χ2n) is 5.44. The first-order valence-corrected chi connectivity index (χ1v) is 8.74.